The molecule has 0 amide bonds. The normalized spacial score (nSPS) is 38.6. The monoisotopic (exact) mass is 152 g/mol. The fourth-order valence-electron chi connectivity index (χ4n) is 2.06. The lowest BCUT2D eigenvalue weighted by molar-refractivity contribution is 0.283. The molecule has 0 aromatic rings. The molecule has 0 fully saturated rings. The first-order chi connectivity index (χ1) is 5.25. The van der Waals surface area contributed by atoms with Crippen LogP contribution < -0.4 is 0 Å². The molecule has 0 heterocycles. The van der Waals surface area contributed by atoms with Crippen molar-refractivity contribution in [1.82, 2.24) is 0 Å². The van der Waals surface area contributed by atoms with E-state index in [2.05, 4.69) is 32.9 Å². The molecule has 0 N–H and O–H groups in total. The first-order valence-corrected chi connectivity index (χ1v) is 4.92. The van der Waals surface area contributed by atoms with Crippen molar-refractivity contribution < 1.29 is 0 Å². The molecule has 0 unspecified atom stereocenters. The zero-order valence-corrected chi connectivity index (χ0v) is 8.01. The largest absolute Gasteiger partial charge is 0.0882 e. The van der Waals surface area contributed by atoms with Gasteiger partial charge in [-0.3, -0.25) is 0 Å². The van der Waals surface area contributed by atoms with Crippen molar-refractivity contribution in [1.29, 1.82) is 0 Å². The molecule has 0 bridgehead atoms. The van der Waals surface area contributed by atoms with Crippen molar-refractivity contribution >= 4 is 0 Å². The van der Waals surface area contributed by atoms with Gasteiger partial charge in [0.15, 0.2) is 0 Å². The van der Waals surface area contributed by atoms with Crippen LogP contribution in [0.3, 0.4) is 0 Å². The Balaban J connectivity index is 2.57. The van der Waals surface area contributed by atoms with Gasteiger partial charge in [0.25, 0.3) is 0 Å². The van der Waals surface area contributed by atoms with Crippen LogP contribution in [0.4, 0.5) is 0 Å². The van der Waals surface area contributed by atoms with E-state index in [4.69, 9.17) is 0 Å². The van der Waals surface area contributed by atoms with Gasteiger partial charge in [0, 0.05) is 0 Å². The minimum atomic E-state index is 0.794. The van der Waals surface area contributed by atoms with Gasteiger partial charge < -0.3 is 0 Å². The third-order valence-electron chi connectivity index (χ3n) is 3.24. The van der Waals surface area contributed by atoms with Crippen LogP contribution in [0.15, 0.2) is 12.2 Å². The minimum Gasteiger partial charge on any atom is -0.0882 e. The Hall–Kier alpha value is -0.260. The summed E-state index contributed by atoms with van der Waals surface area (Å²) in [6, 6.07) is 0. The van der Waals surface area contributed by atoms with Crippen molar-refractivity contribution in [2.75, 3.05) is 0 Å². The molecule has 1 aliphatic carbocycles. The summed E-state index contributed by atoms with van der Waals surface area (Å²) in [4.78, 5) is 0. The second-order valence-corrected chi connectivity index (χ2v) is 3.89. The lowest BCUT2D eigenvalue weighted by Gasteiger charge is -2.23. The van der Waals surface area contributed by atoms with Crippen LogP contribution in [0.2, 0.25) is 0 Å². The van der Waals surface area contributed by atoms with E-state index in [1.54, 1.807) is 0 Å². The predicted octanol–water partition coefficient (Wildman–Crippen LogP) is 3.63. The maximum absolute atomic E-state index is 2.40. The van der Waals surface area contributed by atoms with E-state index >= 15 is 0 Å². The molecular weight excluding hydrogens is 132 g/mol. The van der Waals surface area contributed by atoms with Crippen LogP contribution in [0.25, 0.3) is 0 Å². The highest BCUT2D eigenvalue weighted by Crippen LogP contribution is 2.30. The van der Waals surface area contributed by atoms with Crippen LogP contribution in [0, 0.1) is 17.8 Å². The Labute approximate surface area is 70.7 Å². The average molecular weight is 152 g/mol. The highest BCUT2D eigenvalue weighted by molar-refractivity contribution is 4.94. The molecule has 0 heteroatoms. The summed E-state index contributed by atoms with van der Waals surface area (Å²) in [5.74, 6) is 2.64. The van der Waals surface area contributed by atoms with E-state index in [1.807, 2.05) is 0 Å². The predicted molar refractivity (Wildman–Crippen MR) is 50.5 cm³/mol. The topological polar surface area (TPSA) is 0 Å². The maximum Gasteiger partial charge on any atom is -0.0234 e. The van der Waals surface area contributed by atoms with E-state index < -0.39 is 0 Å². The molecule has 0 saturated heterocycles. The smallest absolute Gasteiger partial charge is 0.0234 e. The summed E-state index contributed by atoms with van der Waals surface area (Å²) in [7, 11) is 0. The van der Waals surface area contributed by atoms with Crippen molar-refractivity contribution in [3.63, 3.8) is 0 Å². The zero-order valence-electron chi connectivity index (χ0n) is 8.01. The molecule has 0 aromatic carbocycles. The molecule has 1 aliphatic rings. The summed E-state index contributed by atoms with van der Waals surface area (Å²) >= 11 is 0. The molecule has 0 aliphatic heterocycles. The third-order valence-corrected chi connectivity index (χ3v) is 3.24. The van der Waals surface area contributed by atoms with E-state index in [1.165, 1.54) is 19.3 Å². The molecule has 0 nitrogen and oxygen atoms in total. The van der Waals surface area contributed by atoms with Gasteiger partial charge in [-0.05, 0) is 30.6 Å². The first-order valence-electron chi connectivity index (χ1n) is 4.92. The van der Waals surface area contributed by atoms with Crippen molar-refractivity contribution in [2.45, 2.75) is 40.0 Å². The van der Waals surface area contributed by atoms with Crippen LogP contribution in [0.5, 0.6) is 0 Å². The van der Waals surface area contributed by atoms with Crippen molar-refractivity contribution in [2.24, 2.45) is 17.8 Å². The van der Waals surface area contributed by atoms with E-state index in [9.17, 15) is 0 Å². The molecular formula is C11H20. The number of allylic oxidation sites excluding steroid dienone is 2. The zero-order chi connectivity index (χ0) is 8.27. The molecule has 0 saturated carbocycles. The van der Waals surface area contributed by atoms with Gasteiger partial charge in [0.05, 0.1) is 0 Å². The van der Waals surface area contributed by atoms with Gasteiger partial charge in [-0.15, -0.1) is 0 Å². The molecule has 11 heavy (non-hydrogen) atoms. The average Bonchev–Trinajstić information content (AvgIpc) is 2.16. The third kappa shape index (κ3) is 2.08. The lowest BCUT2D eigenvalue weighted by atomic mass is 9.82. The Morgan fingerprint density at radius 1 is 1.36 bits per heavy atom. The number of rotatable bonds is 1. The molecule has 1 rings (SSSR count). The maximum atomic E-state index is 2.40. The van der Waals surface area contributed by atoms with Gasteiger partial charge in [0.1, 0.15) is 0 Å². The van der Waals surface area contributed by atoms with Crippen LogP contribution in [0.1, 0.15) is 40.0 Å². The van der Waals surface area contributed by atoms with Gasteiger partial charge in [-0.2, -0.15) is 0 Å². The fraction of sp³-hybridized carbons (Fsp3) is 0.818. The Bertz CT molecular complexity index is 135. The fourth-order valence-corrected chi connectivity index (χ4v) is 2.06. The highest BCUT2D eigenvalue weighted by Gasteiger charge is 2.20. The second-order valence-electron chi connectivity index (χ2n) is 3.89. The Morgan fingerprint density at radius 2 is 2.09 bits per heavy atom. The summed E-state index contributed by atoms with van der Waals surface area (Å²) in [6.45, 7) is 7.06. The molecule has 0 spiro atoms. The Kier molecular flexibility index (Phi) is 3.16. The van der Waals surface area contributed by atoms with Crippen molar-refractivity contribution in [3.05, 3.63) is 12.2 Å². The lowest BCUT2D eigenvalue weighted by Crippen LogP contribution is -2.15. The minimum absolute atomic E-state index is 0.794. The van der Waals surface area contributed by atoms with E-state index in [0.717, 1.165) is 17.8 Å². The van der Waals surface area contributed by atoms with Gasteiger partial charge in [0.2, 0.25) is 0 Å². The second kappa shape index (κ2) is 3.94. The summed E-state index contributed by atoms with van der Waals surface area (Å²) in [5.41, 5.74) is 0. The van der Waals surface area contributed by atoms with Crippen LogP contribution in [-0.4, -0.2) is 0 Å². The van der Waals surface area contributed by atoms with Gasteiger partial charge >= 0.3 is 0 Å². The van der Waals surface area contributed by atoms with Crippen LogP contribution in [-0.2, 0) is 0 Å². The molecule has 0 radical (unpaired) electrons. The number of hydrogen-bond acceptors (Lipinski definition) is 0. The highest BCUT2D eigenvalue weighted by atomic mass is 14.3. The van der Waals surface area contributed by atoms with Crippen molar-refractivity contribution in [3.8, 4) is 0 Å². The summed E-state index contributed by atoms with van der Waals surface area (Å²) in [5, 5.41) is 0. The molecule has 0 aromatic heterocycles. The summed E-state index contributed by atoms with van der Waals surface area (Å²) < 4.78 is 0. The SMILES string of the molecule is CC[C@H]1CCC=C[C@@H](C)[C@H]1C. The quantitative estimate of drug-likeness (QED) is 0.503. The number of hydrogen-bond donors (Lipinski definition) is 0. The van der Waals surface area contributed by atoms with Crippen LogP contribution >= 0.6 is 0 Å². The standard InChI is InChI=1S/C11H20/c1-4-11-8-6-5-7-9(2)10(11)3/h5,7,9-11H,4,6,8H2,1-3H3/t9-,10-,11+/m1/s1. The van der Waals surface area contributed by atoms with E-state index in [0.29, 0.717) is 0 Å². The van der Waals surface area contributed by atoms with Gasteiger partial charge in [-0.25, -0.2) is 0 Å². The van der Waals surface area contributed by atoms with Gasteiger partial charge in [-0.1, -0.05) is 39.3 Å². The molecule has 3 atom stereocenters. The summed E-state index contributed by atoms with van der Waals surface area (Å²) in [6.07, 6.45) is 8.80. The molecule has 64 valence electrons. The Morgan fingerprint density at radius 3 is 2.73 bits per heavy atom. The van der Waals surface area contributed by atoms with E-state index in [-0.39, 0.29) is 0 Å². The first kappa shape index (κ1) is 8.83.